The van der Waals surface area contributed by atoms with E-state index in [9.17, 15) is 37.1 Å². The first-order valence-electron chi connectivity index (χ1n) is 13.7. The van der Waals surface area contributed by atoms with Gasteiger partial charge in [-0.15, -0.1) is 0 Å². The number of carbonyl (C=O) groups is 3. The molecule has 4 rings (SSSR count). The van der Waals surface area contributed by atoms with Gasteiger partial charge >= 0.3 is 5.97 Å². The number of rotatable bonds is 11. The Morgan fingerprint density at radius 1 is 1.07 bits per heavy atom. The molecular formula is C29H31F4N3O7. The molecule has 1 saturated heterocycles. The van der Waals surface area contributed by atoms with E-state index in [0.717, 1.165) is 0 Å². The summed E-state index contributed by atoms with van der Waals surface area (Å²) in [5.41, 5.74) is 0.626. The molecule has 1 unspecified atom stereocenters. The summed E-state index contributed by atoms with van der Waals surface area (Å²) in [4.78, 5) is 40.1. The van der Waals surface area contributed by atoms with Gasteiger partial charge in [0.1, 0.15) is 12.7 Å². The molecule has 43 heavy (non-hydrogen) atoms. The zero-order chi connectivity index (χ0) is 31.3. The standard InChI is InChI=1S/C29H31F4N3O7/c1-15(2)13-41-23(38)12-20(21(37)14-42-27-24(32)18(30)11-19(31)25(27)33)34-28(39)16-7-9-36(10-8-16)29(40)26-17-5-3-4-6-22(17)43-35-26/h3-6,11,15-16,20-21,37H,7-10,12-14H2,1-2H3,(H,34,39)/t20-,21?/m0/s1. The van der Waals surface area contributed by atoms with Crippen LogP contribution in [0.2, 0.25) is 0 Å². The highest BCUT2D eigenvalue weighted by molar-refractivity contribution is 6.04. The van der Waals surface area contributed by atoms with Crippen molar-refractivity contribution in [2.24, 2.45) is 11.8 Å². The molecule has 2 aromatic carbocycles. The average molecular weight is 610 g/mol. The molecule has 2 atom stereocenters. The number of aliphatic hydroxyl groups excluding tert-OH is 1. The summed E-state index contributed by atoms with van der Waals surface area (Å²) in [5, 5.41) is 17.7. The first-order valence-corrected chi connectivity index (χ1v) is 13.7. The van der Waals surface area contributed by atoms with Crippen molar-refractivity contribution in [3.05, 3.63) is 59.3 Å². The number of hydrogen-bond acceptors (Lipinski definition) is 8. The molecule has 2 heterocycles. The SMILES string of the molecule is CC(C)COC(=O)C[C@H](NC(=O)C1CCN(C(=O)c2noc3ccccc23)CC1)C(O)COc1c(F)c(F)cc(F)c1F. The van der Waals surface area contributed by atoms with Crippen LogP contribution in [0.25, 0.3) is 11.0 Å². The summed E-state index contributed by atoms with van der Waals surface area (Å²) >= 11 is 0. The van der Waals surface area contributed by atoms with Crippen LogP contribution in [0.5, 0.6) is 5.75 Å². The van der Waals surface area contributed by atoms with E-state index in [1.807, 2.05) is 0 Å². The van der Waals surface area contributed by atoms with Crippen molar-refractivity contribution >= 4 is 28.8 Å². The number of benzene rings is 2. The number of para-hydroxylation sites is 1. The quantitative estimate of drug-likeness (QED) is 0.191. The summed E-state index contributed by atoms with van der Waals surface area (Å²) in [7, 11) is 0. The smallest absolute Gasteiger partial charge is 0.307 e. The fraction of sp³-hybridized carbons (Fsp3) is 0.448. The number of fused-ring (bicyclic) bond motifs is 1. The van der Waals surface area contributed by atoms with E-state index in [0.29, 0.717) is 11.0 Å². The number of hydrogen-bond donors (Lipinski definition) is 2. The molecule has 1 aliphatic heterocycles. The lowest BCUT2D eigenvalue weighted by Gasteiger charge is -2.32. The van der Waals surface area contributed by atoms with E-state index in [2.05, 4.69) is 10.5 Å². The van der Waals surface area contributed by atoms with Gasteiger partial charge in [-0.1, -0.05) is 31.1 Å². The van der Waals surface area contributed by atoms with E-state index >= 15 is 0 Å². The van der Waals surface area contributed by atoms with Gasteiger partial charge in [0.15, 0.2) is 28.7 Å². The molecule has 0 bridgehead atoms. The second-order valence-electron chi connectivity index (χ2n) is 10.7. The zero-order valence-electron chi connectivity index (χ0n) is 23.4. The highest BCUT2D eigenvalue weighted by atomic mass is 19.2. The summed E-state index contributed by atoms with van der Waals surface area (Å²) < 4.78 is 70.3. The molecule has 3 aromatic rings. The average Bonchev–Trinajstić information content (AvgIpc) is 3.42. The van der Waals surface area contributed by atoms with Crippen LogP contribution in [0, 0.1) is 35.1 Å². The van der Waals surface area contributed by atoms with Crippen LogP contribution in [-0.4, -0.2) is 71.4 Å². The number of ether oxygens (including phenoxy) is 2. The fourth-order valence-electron chi connectivity index (χ4n) is 4.58. The molecule has 0 spiro atoms. The number of aliphatic hydroxyl groups is 1. The molecule has 2 amide bonds. The van der Waals surface area contributed by atoms with Crippen LogP contribution in [0.3, 0.4) is 0 Å². The van der Waals surface area contributed by atoms with Crippen molar-refractivity contribution < 1.29 is 51.0 Å². The predicted octanol–water partition coefficient (Wildman–Crippen LogP) is 3.75. The first-order chi connectivity index (χ1) is 20.5. The number of halogens is 4. The van der Waals surface area contributed by atoms with Gasteiger partial charge in [0.2, 0.25) is 17.5 Å². The van der Waals surface area contributed by atoms with Gasteiger partial charge in [-0.2, -0.15) is 8.78 Å². The van der Waals surface area contributed by atoms with E-state index in [1.165, 1.54) is 0 Å². The van der Waals surface area contributed by atoms with Gasteiger partial charge < -0.3 is 29.3 Å². The van der Waals surface area contributed by atoms with Crippen LogP contribution in [0.15, 0.2) is 34.9 Å². The van der Waals surface area contributed by atoms with Gasteiger partial charge in [0.25, 0.3) is 5.91 Å². The minimum atomic E-state index is -1.80. The minimum absolute atomic E-state index is 0.00204. The lowest BCUT2D eigenvalue weighted by atomic mass is 9.94. The zero-order valence-corrected chi connectivity index (χ0v) is 23.4. The third kappa shape index (κ3) is 7.61. The van der Waals surface area contributed by atoms with E-state index in [1.54, 1.807) is 43.0 Å². The topological polar surface area (TPSA) is 131 Å². The molecule has 232 valence electrons. The Bertz CT molecular complexity index is 1450. The lowest BCUT2D eigenvalue weighted by Crippen LogP contribution is -2.51. The number of likely N-dealkylation sites (tertiary alicyclic amines) is 1. The van der Waals surface area contributed by atoms with E-state index in [-0.39, 0.29) is 56.1 Å². The maximum absolute atomic E-state index is 14.0. The van der Waals surface area contributed by atoms with Crippen LogP contribution in [-0.2, 0) is 14.3 Å². The molecule has 2 N–H and O–H groups in total. The molecule has 10 nitrogen and oxygen atoms in total. The van der Waals surface area contributed by atoms with Crippen molar-refractivity contribution in [1.29, 1.82) is 0 Å². The van der Waals surface area contributed by atoms with Crippen molar-refractivity contribution in [3.63, 3.8) is 0 Å². The van der Waals surface area contributed by atoms with Gasteiger partial charge in [-0.3, -0.25) is 14.4 Å². The largest absolute Gasteiger partial charge is 0.485 e. The summed E-state index contributed by atoms with van der Waals surface area (Å²) in [5.74, 6) is -10.7. The summed E-state index contributed by atoms with van der Waals surface area (Å²) in [6, 6.07) is 5.59. The van der Waals surface area contributed by atoms with E-state index in [4.69, 9.17) is 14.0 Å². The number of piperidine rings is 1. The van der Waals surface area contributed by atoms with Crippen molar-refractivity contribution in [1.82, 2.24) is 15.4 Å². The van der Waals surface area contributed by atoms with Crippen LogP contribution < -0.4 is 10.1 Å². The number of aromatic nitrogens is 1. The maximum atomic E-state index is 14.0. The molecule has 1 aromatic heterocycles. The molecule has 1 aliphatic rings. The molecular weight excluding hydrogens is 578 g/mol. The highest BCUT2D eigenvalue weighted by Crippen LogP contribution is 2.27. The lowest BCUT2D eigenvalue weighted by molar-refractivity contribution is -0.146. The predicted molar refractivity (Wildman–Crippen MR) is 143 cm³/mol. The van der Waals surface area contributed by atoms with Crippen molar-refractivity contribution in [2.75, 3.05) is 26.3 Å². The Hall–Kier alpha value is -4.20. The number of amides is 2. The molecule has 14 heteroatoms. The van der Waals surface area contributed by atoms with Gasteiger partial charge in [-0.05, 0) is 30.9 Å². The maximum Gasteiger partial charge on any atom is 0.307 e. The first kappa shape index (κ1) is 31.7. The van der Waals surface area contributed by atoms with Crippen LogP contribution in [0.4, 0.5) is 17.6 Å². The van der Waals surface area contributed by atoms with Crippen molar-refractivity contribution in [3.8, 4) is 5.75 Å². The van der Waals surface area contributed by atoms with Gasteiger partial charge in [0.05, 0.1) is 24.5 Å². The molecule has 0 saturated carbocycles. The Kier molecular flexibility index (Phi) is 10.2. The summed E-state index contributed by atoms with van der Waals surface area (Å²) in [6.45, 7) is 3.19. The van der Waals surface area contributed by atoms with Crippen LogP contribution in [0.1, 0.15) is 43.6 Å². The molecule has 0 radical (unpaired) electrons. The molecule has 1 fully saturated rings. The van der Waals surface area contributed by atoms with Gasteiger partial charge in [-0.25, -0.2) is 8.78 Å². The number of nitrogens with zero attached hydrogens (tertiary/aromatic N) is 2. The minimum Gasteiger partial charge on any atom is -0.485 e. The fourth-order valence-corrected chi connectivity index (χ4v) is 4.58. The number of nitrogens with one attached hydrogen (secondary N) is 1. The monoisotopic (exact) mass is 609 g/mol. The Morgan fingerprint density at radius 2 is 1.72 bits per heavy atom. The van der Waals surface area contributed by atoms with Gasteiger partial charge in [0, 0.05) is 25.1 Å². The highest BCUT2D eigenvalue weighted by Gasteiger charge is 2.33. The van der Waals surface area contributed by atoms with Crippen molar-refractivity contribution in [2.45, 2.75) is 45.3 Å². The summed E-state index contributed by atoms with van der Waals surface area (Å²) in [6.07, 6.45) is -1.75. The Morgan fingerprint density at radius 3 is 2.37 bits per heavy atom. The van der Waals surface area contributed by atoms with E-state index < -0.39 is 72.0 Å². The van der Waals surface area contributed by atoms with Crippen LogP contribution >= 0.6 is 0 Å². The third-order valence-electron chi connectivity index (χ3n) is 6.96. The second kappa shape index (κ2) is 13.8. The third-order valence-corrected chi connectivity index (χ3v) is 6.96. The normalized spacial score (nSPS) is 15.4. The second-order valence-corrected chi connectivity index (χ2v) is 10.7. The Labute approximate surface area is 243 Å². The molecule has 0 aliphatic carbocycles. The Balaban J connectivity index is 1.39. The number of carbonyl (C=O) groups excluding carboxylic acids is 3. The number of esters is 1.